The molecule has 26 heavy (non-hydrogen) atoms. The van der Waals surface area contributed by atoms with Crippen molar-refractivity contribution in [1.29, 1.82) is 0 Å². The van der Waals surface area contributed by atoms with Gasteiger partial charge in [0.2, 0.25) is 12.1 Å². The Morgan fingerprint density at radius 2 is 1.62 bits per heavy atom. The number of methoxy groups -OCH3 is 1. The van der Waals surface area contributed by atoms with Crippen molar-refractivity contribution in [3.05, 3.63) is 41.0 Å². The van der Waals surface area contributed by atoms with Crippen LogP contribution in [0.2, 0.25) is 0 Å². The molecule has 1 rings (SSSR count). The van der Waals surface area contributed by atoms with Crippen molar-refractivity contribution in [2.75, 3.05) is 26.9 Å². The molecule has 7 heteroatoms. The van der Waals surface area contributed by atoms with Crippen LogP contribution in [0.3, 0.4) is 0 Å². The Hall–Kier alpha value is -2.51. The molecule has 0 heterocycles. The summed E-state index contributed by atoms with van der Waals surface area (Å²) in [7, 11) is 1.25. The van der Waals surface area contributed by atoms with Crippen LogP contribution >= 0.6 is 0 Å². The summed E-state index contributed by atoms with van der Waals surface area (Å²) in [4.78, 5) is 37.0. The van der Waals surface area contributed by atoms with Crippen LogP contribution in [0, 0.1) is 0 Å². The van der Waals surface area contributed by atoms with Crippen LogP contribution < -0.4 is 0 Å². The van der Waals surface area contributed by atoms with E-state index in [4.69, 9.17) is 18.9 Å². The van der Waals surface area contributed by atoms with E-state index in [1.807, 2.05) is 0 Å². The summed E-state index contributed by atoms with van der Waals surface area (Å²) in [5.74, 6) is -2.08. The maximum Gasteiger partial charge on any atom is 0.341 e. The Morgan fingerprint density at radius 1 is 1.00 bits per heavy atom. The number of carbonyl (C=O) groups excluding carboxylic acids is 3. The molecule has 0 saturated heterocycles. The smallest absolute Gasteiger partial charge is 0.341 e. The predicted octanol–water partition coefficient (Wildman–Crippen LogP) is 2.39. The second-order valence-corrected chi connectivity index (χ2v) is 4.96. The maximum absolute atomic E-state index is 12.8. The van der Waals surface area contributed by atoms with Crippen molar-refractivity contribution in [2.45, 2.75) is 27.1 Å². The summed E-state index contributed by atoms with van der Waals surface area (Å²) >= 11 is 0. The summed E-state index contributed by atoms with van der Waals surface area (Å²) in [5, 5.41) is 0. The van der Waals surface area contributed by atoms with Gasteiger partial charge in [0.05, 0.1) is 19.3 Å². The number of ketones is 1. The number of Topliss-reactive ketones (excluding diaryl/α,β-unsaturated/α-hetero) is 1. The Bertz CT molecular complexity index is 658. The zero-order chi connectivity index (χ0) is 19.5. The third-order valence-corrected chi connectivity index (χ3v) is 3.28. The van der Waals surface area contributed by atoms with Crippen LogP contribution in [0.15, 0.2) is 29.8 Å². The largest absolute Gasteiger partial charge is 0.465 e. The minimum Gasteiger partial charge on any atom is -0.465 e. The topological polar surface area (TPSA) is 88.1 Å². The SMILES string of the molecule is CCOC(=O)C(=Cc1ccccc1C(=O)OC)C(=O)C(OCC)OCC. The van der Waals surface area contributed by atoms with Crippen LogP contribution in [0.5, 0.6) is 0 Å². The van der Waals surface area contributed by atoms with Crippen molar-refractivity contribution in [3.8, 4) is 0 Å². The Kier molecular flexibility index (Phi) is 9.25. The zero-order valence-electron chi connectivity index (χ0n) is 15.4. The first-order chi connectivity index (χ1) is 12.5. The Labute approximate surface area is 152 Å². The fraction of sp³-hybridized carbons (Fsp3) is 0.421. The highest BCUT2D eigenvalue weighted by Crippen LogP contribution is 2.18. The van der Waals surface area contributed by atoms with Crippen LogP contribution in [-0.4, -0.2) is 50.9 Å². The molecule has 0 saturated carbocycles. The van der Waals surface area contributed by atoms with Crippen LogP contribution in [0.25, 0.3) is 6.08 Å². The fourth-order valence-electron chi connectivity index (χ4n) is 2.14. The van der Waals surface area contributed by atoms with E-state index in [-0.39, 0.29) is 31.0 Å². The summed E-state index contributed by atoms with van der Waals surface area (Å²) in [6.07, 6.45) is 0.0587. The number of ether oxygens (including phenoxy) is 4. The van der Waals surface area contributed by atoms with Crippen molar-refractivity contribution < 1.29 is 33.3 Å². The second-order valence-electron chi connectivity index (χ2n) is 4.96. The van der Waals surface area contributed by atoms with Crippen LogP contribution in [0.1, 0.15) is 36.7 Å². The second kappa shape index (κ2) is 11.2. The van der Waals surface area contributed by atoms with Crippen molar-refractivity contribution in [2.24, 2.45) is 0 Å². The molecule has 0 aliphatic rings. The average Bonchev–Trinajstić information content (AvgIpc) is 2.65. The van der Waals surface area contributed by atoms with E-state index >= 15 is 0 Å². The standard InChI is InChI=1S/C19H24O7/c1-5-24-18(22)15(16(20)19(25-6-2)26-7-3)12-13-10-8-9-11-14(13)17(21)23-4/h8-12,19H,5-7H2,1-4H3. The molecule has 0 fully saturated rings. The molecule has 0 unspecified atom stereocenters. The van der Waals surface area contributed by atoms with Crippen LogP contribution in [-0.2, 0) is 28.5 Å². The lowest BCUT2D eigenvalue weighted by atomic mass is 10.0. The average molecular weight is 364 g/mol. The van der Waals surface area contributed by atoms with Gasteiger partial charge in [0.1, 0.15) is 5.57 Å². The summed E-state index contributed by atoms with van der Waals surface area (Å²) in [6, 6.07) is 6.45. The van der Waals surface area contributed by atoms with Gasteiger partial charge in [-0.15, -0.1) is 0 Å². The van der Waals surface area contributed by atoms with Gasteiger partial charge in [0, 0.05) is 13.2 Å². The number of esters is 2. The normalized spacial score (nSPS) is 11.3. The van der Waals surface area contributed by atoms with Gasteiger partial charge >= 0.3 is 11.9 Å². The molecule has 0 bridgehead atoms. The van der Waals surface area contributed by atoms with Gasteiger partial charge in [-0.05, 0) is 38.5 Å². The molecule has 1 aromatic rings. The third-order valence-electron chi connectivity index (χ3n) is 3.28. The lowest BCUT2D eigenvalue weighted by molar-refractivity contribution is -0.165. The number of hydrogen-bond acceptors (Lipinski definition) is 7. The molecule has 0 atom stereocenters. The van der Waals surface area contributed by atoms with E-state index in [1.54, 1.807) is 39.0 Å². The van der Waals surface area contributed by atoms with E-state index < -0.39 is 24.0 Å². The van der Waals surface area contributed by atoms with Gasteiger partial charge in [-0.2, -0.15) is 0 Å². The van der Waals surface area contributed by atoms with Crippen LogP contribution in [0.4, 0.5) is 0 Å². The molecule has 0 amide bonds. The van der Waals surface area contributed by atoms with Gasteiger partial charge in [0.15, 0.2) is 0 Å². The highest BCUT2D eigenvalue weighted by molar-refractivity contribution is 6.22. The summed E-state index contributed by atoms with van der Waals surface area (Å²) < 4.78 is 20.3. The summed E-state index contributed by atoms with van der Waals surface area (Å²) in [6.45, 7) is 5.59. The number of hydrogen-bond donors (Lipinski definition) is 0. The first kappa shape index (κ1) is 21.5. The predicted molar refractivity (Wildman–Crippen MR) is 94.4 cm³/mol. The van der Waals surface area contributed by atoms with Gasteiger partial charge in [-0.1, -0.05) is 18.2 Å². The molecule has 142 valence electrons. The molecule has 1 aromatic carbocycles. The van der Waals surface area contributed by atoms with Gasteiger partial charge in [-0.3, -0.25) is 4.79 Å². The van der Waals surface area contributed by atoms with Gasteiger partial charge in [-0.25, -0.2) is 9.59 Å². The molecule has 0 aliphatic carbocycles. The van der Waals surface area contributed by atoms with E-state index in [2.05, 4.69) is 0 Å². The molecular weight excluding hydrogens is 340 g/mol. The first-order valence-corrected chi connectivity index (χ1v) is 8.33. The number of carbonyl (C=O) groups is 3. The van der Waals surface area contributed by atoms with Gasteiger partial charge in [0.25, 0.3) is 0 Å². The highest BCUT2D eigenvalue weighted by Gasteiger charge is 2.29. The molecule has 0 spiro atoms. The molecule has 0 aromatic heterocycles. The fourth-order valence-corrected chi connectivity index (χ4v) is 2.14. The molecule has 0 radical (unpaired) electrons. The molecule has 7 nitrogen and oxygen atoms in total. The molecule has 0 aliphatic heterocycles. The highest BCUT2D eigenvalue weighted by atomic mass is 16.7. The Morgan fingerprint density at radius 3 is 2.15 bits per heavy atom. The minimum atomic E-state index is -1.23. The Balaban J connectivity index is 3.38. The maximum atomic E-state index is 12.8. The van der Waals surface area contributed by atoms with Crippen molar-refractivity contribution in [1.82, 2.24) is 0 Å². The van der Waals surface area contributed by atoms with E-state index in [1.165, 1.54) is 19.3 Å². The minimum absolute atomic E-state index is 0.0933. The summed E-state index contributed by atoms with van der Waals surface area (Å²) in [5.41, 5.74) is 0.298. The number of rotatable bonds is 10. The van der Waals surface area contributed by atoms with Crippen molar-refractivity contribution in [3.63, 3.8) is 0 Å². The van der Waals surface area contributed by atoms with Gasteiger partial charge < -0.3 is 18.9 Å². The lowest BCUT2D eigenvalue weighted by Gasteiger charge is -2.17. The molecule has 0 N–H and O–H groups in total. The van der Waals surface area contributed by atoms with Crippen molar-refractivity contribution >= 4 is 23.8 Å². The monoisotopic (exact) mass is 364 g/mol. The number of benzene rings is 1. The third kappa shape index (κ3) is 5.79. The quantitative estimate of drug-likeness (QED) is 0.207. The zero-order valence-corrected chi connectivity index (χ0v) is 15.4. The van der Waals surface area contributed by atoms with E-state index in [9.17, 15) is 14.4 Å². The first-order valence-electron chi connectivity index (χ1n) is 8.33. The lowest BCUT2D eigenvalue weighted by Crippen LogP contribution is -2.32. The molecular formula is C19H24O7. The van der Waals surface area contributed by atoms with E-state index in [0.717, 1.165) is 0 Å². The van der Waals surface area contributed by atoms with E-state index in [0.29, 0.717) is 5.56 Å².